The first-order chi connectivity index (χ1) is 12.6. The number of nitrogens with zero attached hydrogens (tertiary/aromatic N) is 4. The third-order valence-electron chi connectivity index (χ3n) is 4.34. The molecule has 0 spiro atoms. The van der Waals surface area contributed by atoms with Crippen LogP contribution in [-0.4, -0.2) is 45.6 Å². The van der Waals surface area contributed by atoms with Crippen molar-refractivity contribution in [3.05, 3.63) is 47.1 Å². The largest absolute Gasteiger partial charge is 0.466 e. The second-order valence-corrected chi connectivity index (χ2v) is 6.58. The first kappa shape index (κ1) is 16.8. The van der Waals surface area contributed by atoms with Crippen LogP contribution in [0.25, 0.3) is 11.0 Å². The van der Waals surface area contributed by atoms with Gasteiger partial charge in [0.15, 0.2) is 0 Å². The Kier molecular flexibility index (Phi) is 4.46. The van der Waals surface area contributed by atoms with Gasteiger partial charge in [-0.05, 0) is 19.1 Å². The fourth-order valence-electron chi connectivity index (χ4n) is 3.04. The zero-order chi connectivity index (χ0) is 18.1. The molecule has 8 heteroatoms. The number of aromatic nitrogens is 4. The minimum absolute atomic E-state index is 0.0161. The number of ether oxygens (including phenoxy) is 1. The summed E-state index contributed by atoms with van der Waals surface area (Å²) in [6.45, 7) is 3.66. The molecule has 2 aromatic heterocycles. The van der Waals surface area contributed by atoms with Crippen LogP contribution in [0.15, 0.2) is 30.3 Å². The number of anilines is 1. The van der Waals surface area contributed by atoms with E-state index in [2.05, 4.69) is 24.8 Å². The highest BCUT2D eigenvalue weighted by Crippen LogP contribution is 2.31. The predicted molar refractivity (Wildman–Crippen MR) is 98.4 cm³/mol. The number of para-hydroxylation sites is 2. The van der Waals surface area contributed by atoms with Crippen LogP contribution in [0.5, 0.6) is 0 Å². The quantitative estimate of drug-likeness (QED) is 0.548. The summed E-state index contributed by atoms with van der Waals surface area (Å²) in [6.07, 6.45) is 0.0161. The Bertz CT molecular complexity index is 919. The lowest BCUT2D eigenvalue weighted by atomic mass is 9.99. The van der Waals surface area contributed by atoms with Gasteiger partial charge >= 0.3 is 5.97 Å². The maximum absolute atomic E-state index is 11.6. The molecule has 134 valence electrons. The van der Waals surface area contributed by atoms with E-state index in [4.69, 9.17) is 16.3 Å². The van der Waals surface area contributed by atoms with Crippen molar-refractivity contribution >= 4 is 34.4 Å². The van der Waals surface area contributed by atoms with E-state index < -0.39 is 0 Å². The van der Waals surface area contributed by atoms with Gasteiger partial charge in [-0.1, -0.05) is 23.7 Å². The van der Waals surface area contributed by atoms with Crippen LogP contribution in [0.4, 0.5) is 5.82 Å². The van der Waals surface area contributed by atoms with Crippen molar-refractivity contribution in [3.8, 4) is 0 Å². The maximum Gasteiger partial charge on any atom is 0.313 e. The summed E-state index contributed by atoms with van der Waals surface area (Å²) >= 11 is 6.09. The molecule has 0 amide bonds. The molecule has 0 saturated carbocycles. The van der Waals surface area contributed by atoms with Gasteiger partial charge in [-0.2, -0.15) is 0 Å². The molecule has 0 radical (unpaired) electrons. The van der Waals surface area contributed by atoms with Gasteiger partial charge in [0.1, 0.15) is 29.0 Å². The Balaban J connectivity index is 1.46. The third-order valence-corrected chi connectivity index (χ3v) is 4.53. The maximum atomic E-state index is 11.6. The van der Waals surface area contributed by atoms with Crippen molar-refractivity contribution in [2.45, 2.75) is 19.3 Å². The summed E-state index contributed by atoms with van der Waals surface area (Å²) < 4.78 is 4.94. The summed E-state index contributed by atoms with van der Waals surface area (Å²) in [5.74, 6) is 2.03. The van der Waals surface area contributed by atoms with E-state index in [1.165, 1.54) is 0 Å². The fourth-order valence-corrected chi connectivity index (χ4v) is 3.23. The average molecular weight is 372 g/mol. The summed E-state index contributed by atoms with van der Waals surface area (Å²) in [7, 11) is 0. The third kappa shape index (κ3) is 3.35. The molecule has 1 N–H and O–H groups in total. The molecule has 0 bridgehead atoms. The topological polar surface area (TPSA) is 84.0 Å². The van der Waals surface area contributed by atoms with Crippen molar-refractivity contribution in [1.29, 1.82) is 0 Å². The second-order valence-electron chi connectivity index (χ2n) is 6.19. The molecule has 1 aliphatic rings. The Morgan fingerprint density at radius 2 is 2.12 bits per heavy atom. The number of imidazole rings is 1. The van der Waals surface area contributed by atoms with Crippen LogP contribution >= 0.6 is 11.6 Å². The molecule has 0 atom stereocenters. The number of fused-ring (bicyclic) bond motifs is 1. The monoisotopic (exact) mass is 371 g/mol. The fraction of sp³-hybridized carbons (Fsp3) is 0.333. The molecule has 1 fully saturated rings. The lowest BCUT2D eigenvalue weighted by Gasteiger charge is -2.39. The summed E-state index contributed by atoms with van der Waals surface area (Å²) in [5.41, 5.74) is 2.02. The molecule has 0 aliphatic carbocycles. The van der Waals surface area contributed by atoms with E-state index in [1.54, 1.807) is 13.0 Å². The number of nitrogens with one attached hydrogen (secondary N) is 1. The van der Waals surface area contributed by atoms with E-state index in [9.17, 15) is 4.79 Å². The molecule has 1 aliphatic heterocycles. The van der Waals surface area contributed by atoms with Gasteiger partial charge in [0.25, 0.3) is 0 Å². The highest BCUT2D eigenvalue weighted by Gasteiger charge is 2.32. The van der Waals surface area contributed by atoms with Gasteiger partial charge in [0.2, 0.25) is 0 Å². The van der Waals surface area contributed by atoms with Crippen molar-refractivity contribution in [1.82, 2.24) is 19.9 Å². The molecule has 3 heterocycles. The van der Waals surface area contributed by atoms with Gasteiger partial charge in [-0.25, -0.2) is 15.0 Å². The lowest BCUT2D eigenvalue weighted by molar-refractivity contribution is -0.142. The predicted octanol–water partition coefficient (Wildman–Crippen LogP) is 2.72. The SMILES string of the molecule is CCOC(=O)Cc1nc(Cl)cc(N2CC(c3nc4ccccc4[nH]3)C2)n1. The zero-order valence-electron chi connectivity index (χ0n) is 14.3. The Labute approximate surface area is 155 Å². The van der Waals surface area contributed by atoms with E-state index in [0.717, 1.165) is 35.8 Å². The number of rotatable bonds is 5. The van der Waals surface area contributed by atoms with Gasteiger partial charge in [-0.3, -0.25) is 4.79 Å². The van der Waals surface area contributed by atoms with Crippen molar-refractivity contribution in [3.63, 3.8) is 0 Å². The van der Waals surface area contributed by atoms with Gasteiger partial charge in [0, 0.05) is 19.2 Å². The first-order valence-corrected chi connectivity index (χ1v) is 8.89. The van der Waals surface area contributed by atoms with Crippen LogP contribution in [0.2, 0.25) is 5.15 Å². The summed E-state index contributed by atoms with van der Waals surface area (Å²) in [5, 5.41) is 0.321. The van der Waals surface area contributed by atoms with E-state index >= 15 is 0 Å². The van der Waals surface area contributed by atoms with Crippen LogP contribution in [0.1, 0.15) is 24.5 Å². The van der Waals surface area contributed by atoms with Crippen molar-refractivity contribution < 1.29 is 9.53 Å². The van der Waals surface area contributed by atoms with Gasteiger partial charge in [-0.15, -0.1) is 0 Å². The number of esters is 1. The Hall–Kier alpha value is -2.67. The molecular weight excluding hydrogens is 354 g/mol. The first-order valence-electron chi connectivity index (χ1n) is 8.51. The van der Waals surface area contributed by atoms with Crippen molar-refractivity contribution in [2.75, 3.05) is 24.6 Å². The highest BCUT2D eigenvalue weighted by molar-refractivity contribution is 6.29. The minimum Gasteiger partial charge on any atom is -0.466 e. The lowest BCUT2D eigenvalue weighted by Crippen LogP contribution is -2.46. The molecule has 1 saturated heterocycles. The zero-order valence-corrected chi connectivity index (χ0v) is 15.0. The van der Waals surface area contributed by atoms with Gasteiger partial charge in [0.05, 0.1) is 23.6 Å². The number of hydrogen-bond donors (Lipinski definition) is 1. The summed E-state index contributed by atoms with van der Waals surface area (Å²) in [4.78, 5) is 30.3. The number of aromatic amines is 1. The molecule has 7 nitrogen and oxygen atoms in total. The molecule has 0 unspecified atom stereocenters. The van der Waals surface area contributed by atoms with Crippen molar-refractivity contribution in [2.24, 2.45) is 0 Å². The standard InChI is InChI=1S/C18H18ClN5O2/c1-2-26-17(25)8-15-22-14(19)7-16(23-15)24-9-11(10-24)18-20-12-5-3-4-6-13(12)21-18/h3-7,11H,2,8-10H2,1H3,(H,20,21). The Morgan fingerprint density at radius 1 is 1.31 bits per heavy atom. The molecule has 1 aromatic carbocycles. The number of carbonyl (C=O) groups excluding carboxylic acids is 1. The molecule has 3 aromatic rings. The number of H-pyrrole nitrogens is 1. The molecular formula is C18H18ClN5O2. The summed E-state index contributed by atoms with van der Waals surface area (Å²) in [6, 6.07) is 9.70. The van der Waals surface area contributed by atoms with Crippen LogP contribution < -0.4 is 4.90 Å². The number of carbonyl (C=O) groups is 1. The number of halogens is 1. The van der Waals surface area contributed by atoms with E-state index in [-0.39, 0.29) is 12.4 Å². The molecule has 4 rings (SSSR count). The highest BCUT2D eigenvalue weighted by atomic mass is 35.5. The minimum atomic E-state index is -0.357. The Morgan fingerprint density at radius 3 is 2.88 bits per heavy atom. The second kappa shape index (κ2) is 6.92. The van der Waals surface area contributed by atoms with Crippen LogP contribution in [-0.2, 0) is 16.0 Å². The number of hydrogen-bond acceptors (Lipinski definition) is 6. The van der Waals surface area contributed by atoms with E-state index in [0.29, 0.717) is 23.5 Å². The smallest absolute Gasteiger partial charge is 0.313 e. The van der Waals surface area contributed by atoms with E-state index in [1.807, 2.05) is 24.3 Å². The number of benzene rings is 1. The normalized spacial score (nSPS) is 14.5. The van der Waals surface area contributed by atoms with Gasteiger partial charge < -0.3 is 14.6 Å². The van der Waals surface area contributed by atoms with Crippen LogP contribution in [0, 0.1) is 0 Å². The molecule has 26 heavy (non-hydrogen) atoms. The van der Waals surface area contributed by atoms with Crippen LogP contribution in [0.3, 0.4) is 0 Å². The average Bonchev–Trinajstić information content (AvgIpc) is 2.96.